The Bertz CT molecular complexity index is 1480. The SMILES string of the molecule is Cc1cc(-c2c(Cl)cc3c(N4CCN(C(=O)OC(C)(C)C)CC4)ncnc3c2F)c2ccccc2c1. The number of carbonyl (C=O) groups excluding carboxylic acids is 1. The van der Waals surface area contributed by atoms with Crippen molar-refractivity contribution in [3.8, 4) is 11.1 Å². The van der Waals surface area contributed by atoms with Crippen molar-refractivity contribution in [3.63, 3.8) is 0 Å². The lowest BCUT2D eigenvalue weighted by Crippen LogP contribution is -2.50. The summed E-state index contributed by atoms with van der Waals surface area (Å²) < 4.78 is 21.6. The minimum atomic E-state index is -0.550. The van der Waals surface area contributed by atoms with Crippen LogP contribution >= 0.6 is 11.6 Å². The van der Waals surface area contributed by atoms with Gasteiger partial charge in [0.05, 0.1) is 5.02 Å². The lowest BCUT2D eigenvalue weighted by atomic mass is 9.94. The smallest absolute Gasteiger partial charge is 0.410 e. The maximum atomic E-state index is 16.1. The molecular weight excluding hydrogens is 479 g/mol. The molecule has 1 saturated heterocycles. The molecule has 0 radical (unpaired) electrons. The molecule has 0 unspecified atom stereocenters. The number of carbonyl (C=O) groups is 1. The third-order valence-electron chi connectivity index (χ3n) is 6.31. The van der Waals surface area contributed by atoms with E-state index in [-0.39, 0.29) is 11.6 Å². The number of benzene rings is 3. The molecule has 1 amide bonds. The highest BCUT2D eigenvalue weighted by Crippen LogP contribution is 2.40. The van der Waals surface area contributed by atoms with Gasteiger partial charge in [0, 0.05) is 37.1 Å². The molecule has 4 aromatic rings. The van der Waals surface area contributed by atoms with Crippen molar-refractivity contribution in [1.82, 2.24) is 14.9 Å². The Morgan fingerprint density at radius 1 is 1.03 bits per heavy atom. The highest BCUT2D eigenvalue weighted by molar-refractivity contribution is 6.35. The van der Waals surface area contributed by atoms with Crippen molar-refractivity contribution in [3.05, 3.63) is 65.2 Å². The second kappa shape index (κ2) is 9.21. The largest absolute Gasteiger partial charge is 0.444 e. The number of nitrogens with zero attached hydrogens (tertiary/aromatic N) is 4. The quantitative estimate of drug-likeness (QED) is 0.306. The number of anilines is 1. The number of amides is 1. The minimum Gasteiger partial charge on any atom is -0.444 e. The minimum absolute atomic E-state index is 0.222. The molecule has 0 saturated carbocycles. The van der Waals surface area contributed by atoms with E-state index in [1.54, 1.807) is 11.0 Å². The summed E-state index contributed by atoms with van der Waals surface area (Å²) in [5, 5.41) is 2.80. The maximum absolute atomic E-state index is 16.1. The van der Waals surface area contributed by atoms with Gasteiger partial charge in [-0.2, -0.15) is 0 Å². The highest BCUT2D eigenvalue weighted by atomic mass is 35.5. The van der Waals surface area contributed by atoms with Gasteiger partial charge in [-0.3, -0.25) is 0 Å². The molecule has 36 heavy (non-hydrogen) atoms. The lowest BCUT2D eigenvalue weighted by Gasteiger charge is -2.36. The van der Waals surface area contributed by atoms with Crippen molar-refractivity contribution in [2.24, 2.45) is 0 Å². The molecule has 0 spiro atoms. The lowest BCUT2D eigenvalue weighted by molar-refractivity contribution is 0.0240. The third-order valence-corrected chi connectivity index (χ3v) is 6.60. The van der Waals surface area contributed by atoms with Crippen LogP contribution in [0.1, 0.15) is 26.3 Å². The molecule has 8 heteroatoms. The molecule has 2 heterocycles. The number of ether oxygens (including phenoxy) is 1. The molecular formula is C28H28ClFN4O2. The summed E-state index contributed by atoms with van der Waals surface area (Å²) in [5.74, 6) is 0.134. The fourth-order valence-corrected chi connectivity index (χ4v) is 5.00. The van der Waals surface area contributed by atoms with E-state index in [2.05, 4.69) is 16.0 Å². The fraction of sp³-hybridized carbons (Fsp3) is 0.321. The summed E-state index contributed by atoms with van der Waals surface area (Å²) >= 11 is 6.75. The van der Waals surface area contributed by atoms with E-state index in [0.29, 0.717) is 48.0 Å². The topological polar surface area (TPSA) is 58.6 Å². The van der Waals surface area contributed by atoms with E-state index in [1.165, 1.54) is 6.33 Å². The molecule has 3 aromatic carbocycles. The Morgan fingerprint density at radius 3 is 2.47 bits per heavy atom. The molecule has 1 aliphatic rings. The Morgan fingerprint density at radius 2 is 1.75 bits per heavy atom. The van der Waals surface area contributed by atoms with Gasteiger partial charge in [0.2, 0.25) is 0 Å². The number of aromatic nitrogens is 2. The van der Waals surface area contributed by atoms with Crippen LogP contribution in [-0.2, 0) is 4.74 Å². The second-order valence-corrected chi connectivity index (χ2v) is 10.5. The van der Waals surface area contributed by atoms with E-state index in [0.717, 1.165) is 21.9 Å². The first kappa shape index (κ1) is 24.3. The zero-order valence-electron chi connectivity index (χ0n) is 20.8. The molecule has 0 atom stereocenters. The predicted molar refractivity (Wildman–Crippen MR) is 142 cm³/mol. The Labute approximate surface area is 214 Å². The zero-order valence-corrected chi connectivity index (χ0v) is 21.6. The van der Waals surface area contributed by atoms with Gasteiger partial charge in [-0.15, -0.1) is 0 Å². The van der Waals surface area contributed by atoms with Crippen LogP contribution in [0.5, 0.6) is 0 Å². The number of hydrogen-bond acceptors (Lipinski definition) is 5. The summed E-state index contributed by atoms with van der Waals surface area (Å²) in [6.07, 6.45) is 1.05. The number of hydrogen-bond donors (Lipinski definition) is 0. The van der Waals surface area contributed by atoms with Crippen molar-refractivity contribution in [1.29, 1.82) is 0 Å². The van der Waals surface area contributed by atoms with Crippen LogP contribution in [0.2, 0.25) is 5.02 Å². The van der Waals surface area contributed by atoms with E-state index in [9.17, 15) is 4.79 Å². The first-order valence-corrected chi connectivity index (χ1v) is 12.4. The standard InChI is InChI=1S/C28H28ClFN4O2/c1-17-13-18-7-5-6-8-19(18)20(14-17)23-22(29)15-21-25(24(23)30)31-16-32-26(21)33-9-11-34(12-10-33)27(35)36-28(2,3)4/h5-8,13-16H,9-12H2,1-4H3. The average Bonchev–Trinajstić information content (AvgIpc) is 2.83. The number of aryl methyl sites for hydroxylation is 1. The first-order chi connectivity index (χ1) is 17.1. The van der Waals surface area contributed by atoms with E-state index >= 15 is 4.39 Å². The van der Waals surface area contributed by atoms with Gasteiger partial charge in [-0.25, -0.2) is 19.2 Å². The van der Waals surface area contributed by atoms with E-state index < -0.39 is 11.4 Å². The summed E-state index contributed by atoms with van der Waals surface area (Å²) in [4.78, 5) is 24.9. The molecule has 6 nitrogen and oxygen atoms in total. The Balaban J connectivity index is 1.51. The normalized spacial score (nSPS) is 14.5. The third kappa shape index (κ3) is 4.55. The van der Waals surface area contributed by atoms with Gasteiger partial charge < -0.3 is 14.5 Å². The van der Waals surface area contributed by atoms with Crippen molar-refractivity contribution in [2.75, 3.05) is 31.1 Å². The van der Waals surface area contributed by atoms with E-state index in [1.807, 2.05) is 62.9 Å². The van der Waals surface area contributed by atoms with Crippen LogP contribution in [-0.4, -0.2) is 52.7 Å². The van der Waals surface area contributed by atoms with Crippen LogP contribution in [0.4, 0.5) is 15.0 Å². The van der Waals surface area contributed by atoms with Crippen LogP contribution in [0.3, 0.4) is 0 Å². The molecule has 1 fully saturated rings. The molecule has 0 N–H and O–H groups in total. The maximum Gasteiger partial charge on any atom is 0.410 e. The van der Waals surface area contributed by atoms with Gasteiger partial charge in [-0.1, -0.05) is 48.0 Å². The van der Waals surface area contributed by atoms with Crippen LogP contribution in [0, 0.1) is 12.7 Å². The van der Waals surface area contributed by atoms with Crippen molar-refractivity contribution < 1.29 is 13.9 Å². The van der Waals surface area contributed by atoms with E-state index in [4.69, 9.17) is 16.3 Å². The number of rotatable bonds is 2. The zero-order chi connectivity index (χ0) is 25.6. The number of fused-ring (bicyclic) bond motifs is 2. The van der Waals surface area contributed by atoms with Crippen LogP contribution < -0.4 is 4.90 Å². The molecule has 5 rings (SSSR count). The molecule has 186 valence electrons. The Kier molecular flexibility index (Phi) is 6.20. The monoisotopic (exact) mass is 506 g/mol. The van der Waals surface area contributed by atoms with Gasteiger partial charge >= 0.3 is 6.09 Å². The van der Waals surface area contributed by atoms with Crippen LogP contribution in [0.25, 0.3) is 32.8 Å². The van der Waals surface area contributed by atoms with Gasteiger partial charge in [0.1, 0.15) is 23.3 Å². The number of halogens is 2. The Hall–Kier alpha value is -3.45. The molecule has 1 aliphatic heterocycles. The fourth-order valence-electron chi connectivity index (χ4n) is 4.71. The van der Waals surface area contributed by atoms with Gasteiger partial charge in [-0.05, 0) is 55.7 Å². The summed E-state index contributed by atoms with van der Waals surface area (Å²) in [6, 6.07) is 13.7. The molecule has 0 bridgehead atoms. The van der Waals surface area contributed by atoms with Crippen molar-refractivity contribution in [2.45, 2.75) is 33.3 Å². The average molecular weight is 507 g/mol. The predicted octanol–water partition coefficient (Wildman–Crippen LogP) is 6.61. The summed E-state index contributed by atoms with van der Waals surface area (Å²) in [7, 11) is 0. The van der Waals surface area contributed by atoms with Gasteiger partial charge in [0.25, 0.3) is 0 Å². The second-order valence-electron chi connectivity index (χ2n) is 10.1. The molecule has 1 aromatic heterocycles. The van der Waals surface area contributed by atoms with Gasteiger partial charge in [0.15, 0.2) is 5.82 Å². The molecule has 0 aliphatic carbocycles. The number of piperazine rings is 1. The summed E-state index contributed by atoms with van der Waals surface area (Å²) in [6.45, 7) is 9.55. The summed E-state index contributed by atoms with van der Waals surface area (Å²) in [5.41, 5.74) is 1.76. The van der Waals surface area contributed by atoms with Crippen LogP contribution in [0.15, 0.2) is 48.8 Å². The first-order valence-electron chi connectivity index (χ1n) is 12.0. The highest BCUT2D eigenvalue weighted by Gasteiger charge is 2.28. The van der Waals surface area contributed by atoms with Crippen molar-refractivity contribution >= 4 is 45.2 Å².